The van der Waals surface area contributed by atoms with E-state index in [4.69, 9.17) is 16.7 Å². The zero-order valence-corrected chi connectivity index (χ0v) is 22.6. The first kappa shape index (κ1) is 25.4. The van der Waals surface area contributed by atoms with Crippen molar-refractivity contribution in [1.29, 1.82) is 0 Å². The maximum Gasteiger partial charge on any atom is 0.0803 e. The number of aromatic nitrogens is 2. The molecule has 6 rings (SSSR count). The minimum atomic E-state index is 0.658. The Kier molecular flexibility index (Phi) is 7.52. The van der Waals surface area contributed by atoms with E-state index in [2.05, 4.69) is 121 Å². The van der Waals surface area contributed by atoms with Crippen LogP contribution in [0.2, 0.25) is 5.02 Å². The minimum absolute atomic E-state index is 0.658. The Morgan fingerprint density at radius 1 is 0.550 bits per heavy atom. The molecule has 0 atom stereocenters. The van der Waals surface area contributed by atoms with Crippen LogP contribution in [-0.4, -0.2) is 9.78 Å². The molecule has 40 heavy (non-hydrogen) atoms. The third-order valence-corrected chi connectivity index (χ3v) is 7.00. The summed E-state index contributed by atoms with van der Waals surface area (Å²) in [6.07, 6.45) is 8.25. The lowest BCUT2D eigenvalue weighted by Gasteiger charge is -2.21. The zero-order valence-electron chi connectivity index (χ0n) is 21.9. The molecule has 3 heteroatoms. The summed E-state index contributed by atoms with van der Waals surface area (Å²) in [4.78, 5) is 0. The number of rotatable bonds is 7. The molecule has 0 spiro atoms. The standard InChI is InChI=1S/C37H27ClN2/c38-32-26-35(33(30-18-9-3-10-19-30)24-28-14-5-1-6-15-28)37(40-23-13-22-39-40)36(27-32)34(31-20-11-4-12-21-31)25-29-16-7-2-8-17-29/h1-27H/b33-24+,34-25+. The highest BCUT2D eigenvalue weighted by Crippen LogP contribution is 2.39. The summed E-state index contributed by atoms with van der Waals surface area (Å²) >= 11 is 6.97. The van der Waals surface area contributed by atoms with E-state index in [1.165, 1.54) is 0 Å². The van der Waals surface area contributed by atoms with Crippen LogP contribution in [0.3, 0.4) is 0 Å². The normalized spacial score (nSPS) is 11.9. The van der Waals surface area contributed by atoms with Gasteiger partial charge >= 0.3 is 0 Å². The molecule has 0 saturated carbocycles. The highest BCUT2D eigenvalue weighted by atomic mass is 35.5. The van der Waals surface area contributed by atoms with Crippen LogP contribution in [0.15, 0.2) is 152 Å². The Hall–Kier alpha value is -4.92. The molecular formula is C37H27ClN2. The van der Waals surface area contributed by atoms with E-state index in [1.54, 1.807) is 0 Å². The predicted molar refractivity (Wildman–Crippen MR) is 168 cm³/mol. The summed E-state index contributed by atoms with van der Waals surface area (Å²) in [5.74, 6) is 0. The number of halogens is 1. The van der Waals surface area contributed by atoms with Crippen LogP contribution in [-0.2, 0) is 0 Å². The lowest BCUT2D eigenvalue weighted by molar-refractivity contribution is 0.875. The smallest absolute Gasteiger partial charge is 0.0803 e. The highest BCUT2D eigenvalue weighted by Gasteiger charge is 2.21. The number of benzene rings is 5. The Morgan fingerprint density at radius 3 is 1.38 bits per heavy atom. The molecule has 0 fully saturated rings. The molecule has 0 amide bonds. The van der Waals surface area contributed by atoms with Gasteiger partial charge in [-0.3, -0.25) is 0 Å². The van der Waals surface area contributed by atoms with Gasteiger partial charge in [-0.05, 0) is 63.8 Å². The van der Waals surface area contributed by atoms with Crippen molar-refractivity contribution in [2.24, 2.45) is 0 Å². The van der Waals surface area contributed by atoms with Gasteiger partial charge in [-0.15, -0.1) is 0 Å². The lowest BCUT2D eigenvalue weighted by atomic mass is 9.88. The van der Waals surface area contributed by atoms with Crippen LogP contribution in [0.4, 0.5) is 0 Å². The van der Waals surface area contributed by atoms with Gasteiger partial charge in [0.15, 0.2) is 0 Å². The van der Waals surface area contributed by atoms with Crippen molar-refractivity contribution < 1.29 is 0 Å². The van der Waals surface area contributed by atoms with Gasteiger partial charge in [0.05, 0.1) is 5.69 Å². The predicted octanol–water partition coefficient (Wildman–Crippen LogP) is 9.70. The fraction of sp³-hybridized carbons (Fsp3) is 0. The average molecular weight is 535 g/mol. The van der Waals surface area contributed by atoms with Gasteiger partial charge in [0.2, 0.25) is 0 Å². The second kappa shape index (κ2) is 11.9. The minimum Gasteiger partial charge on any atom is -0.240 e. The summed E-state index contributed by atoms with van der Waals surface area (Å²) in [6, 6.07) is 47.7. The van der Waals surface area contributed by atoms with E-state index >= 15 is 0 Å². The third-order valence-electron chi connectivity index (χ3n) is 6.78. The van der Waals surface area contributed by atoms with Crippen LogP contribution in [0.1, 0.15) is 33.4 Å². The topological polar surface area (TPSA) is 17.8 Å². The molecular weight excluding hydrogens is 508 g/mol. The molecule has 192 valence electrons. The van der Waals surface area contributed by atoms with Gasteiger partial charge in [0.1, 0.15) is 0 Å². The molecule has 0 aliphatic carbocycles. The summed E-state index contributed by atoms with van der Waals surface area (Å²) in [7, 11) is 0. The number of hydrogen-bond acceptors (Lipinski definition) is 1. The average Bonchev–Trinajstić information content (AvgIpc) is 3.55. The van der Waals surface area contributed by atoms with Crippen LogP contribution >= 0.6 is 11.6 Å². The molecule has 1 heterocycles. The Balaban J connectivity index is 1.69. The molecule has 5 aromatic carbocycles. The SMILES string of the molecule is Clc1cc(/C(=C/c2ccccc2)c2ccccc2)c(-n2cccn2)c(/C(=C/c2ccccc2)c2ccccc2)c1. The monoisotopic (exact) mass is 534 g/mol. The molecule has 2 nitrogen and oxygen atoms in total. The summed E-state index contributed by atoms with van der Waals surface area (Å²) in [5, 5.41) is 5.38. The van der Waals surface area contributed by atoms with Gasteiger partial charge in [-0.25, -0.2) is 4.68 Å². The van der Waals surface area contributed by atoms with Crippen LogP contribution in [0.25, 0.3) is 29.0 Å². The summed E-state index contributed by atoms with van der Waals surface area (Å²) < 4.78 is 1.95. The molecule has 0 aliphatic rings. The molecule has 6 aromatic rings. The molecule has 0 unspecified atom stereocenters. The van der Waals surface area contributed by atoms with Crippen molar-refractivity contribution in [2.45, 2.75) is 0 Å². The molecule has 0 radical (unpaired) electrons. The van der Waals surface area contributed by atoms with Gasteiger partial charge in [-0.2, -0.15) is 5.10 Å². The third kappa shape index (κ3) is 5.58. The molecule has 1 aromatic heterocycles. The van der Waals surface area contributed by atoms with Crippen molar-refractivity contribution in [3.05, 3.63) is 190 Å². The Bertz CT molecular complexity index is 1640. The quantitative estimate of drug-likeness (QED) is 0.186. The van der Waals surface area contributed by atoms with Gasteiger partial charge in [0.25, 0.3) is 0 Å². The first-order valence-corrected chi connectivity index (χ1v) is 13.6. The van der Waals surface area contributed by atoms with Gasteiger partial charge in [-0.1, -0.05) is 133 Å². The second-order valence-electron chi connectivity index (χ2n) is 9.47. The second-order valence-corrected chi connectivity index (χ2v) is 9.91. The van der Waals surface area contributed by atoms with Crippen LogP contribution < -0.4 is 0 Å². The van der Waals surface area contributed by atoms with Crippen molar-refractivity contribution in [3.63, 3.8) is 0 Å². The van der Waals surface area contributed by atoms with Crippen molar-refractivity contribution in [2.75, 3.05) is 0 Å². The van der Waals surface area contributed by atoms with E-state index in [-0.39, 0.29) is 0 Å². The first-order valence-electron chi connectivity index (χ1n) is 13.2. The maximum absolute atomic E-state index is 6.97. The van der Waals surface area contributed by atoms with Crippen molar-refractivity contribution >= 4 is 34.9 Å². The molecule has 0 N–H and O–H groups in total. The summed E-state index contributed by atoms with van der Waals surface area (Å²) in [5.41, 5.74) is 9.50. The number of nitrogens with zero attached hydrogens (tertiary/aromatic N) is 2. The fourth-order valence-electron chi connectivity index (χ4n) is 4.96. The molecule has 0 aliphatic heterocycles. The van der Waals surface area contributed by atoms with Crippen LogP contribution in [0, 0.1) is 0 Å². The van der Waals surface area contributed by atoms with E-state index in [1.807, 2.05) is 47.4 Å². The Labute approximate surface area is 240 Å². The molecule has 0 bridgehead atoms. The van der Waals surface area contributed by atoms with E-state index in [9.17, 15) is 0 Å². The van der Waals surface area contributed by atoms with E-state index < -0.39 is 0 Å². The summed E-state index contributed by atoms with van der Waals surface area (Å²) in [6.45, 7) is 0. The highest BCUT2D eigenvalue weighted by molar-refractivity contribution is 6.31. The number of hydrogen-bond donors (Lipinski definition) is 0. The van der Waals surface area contributed by atoms with E-state index in [0.717, 1.165) is 50.2 Å². The largest absolute Gasteiger partial charge is 0.240 e. The maximum atomic E-state index is 6.97. The zero-order chi connectivity index (χ0) is 27.1. The first-order chi connectivity index (χ1) is 19.8. The van der Waals surface area contributed by atoms with Crippen LogP contribution in [0.5, 0.6) is 0 Å². The van der Waals surface area contributed by atoms with Gasteiger partial charge in [0, 0.05) is 28.5 Å². The van der Waals surface area contributed by atoms with Gasteiger partial charge < -0.3 is 0 Å². The van der Waals surface area contributed by atoms with E-state index in [0.29, 0.717) is 5.02 Å². The van der Waals surface area contributed by atoms with Crippen molar-refractivity contribution in [3.8, 4) is 5.69 Å². The molecule has 0 saturated heterocycles. The fourth-order valence-corrected chi connectivity index (χ4v) is 5.18. The van der Waals surface area contributed by atoms with Crippen molar-refractivity contribution in [1.82, 2.24) is 9.78 Å². The Morgan fingerprint density at radius 2 is 0.975 bits per heavy atom. The lowest BCUT2D eigenvalue weighted by Crippen LogP contribution is -2.06.